The van der Waals surface area contributed by atoms with Gasteiger partial charge < -0.3 is 14.2 Å². The van der Waals surface area contributed by atoms with Crippen LogP contribution in [0, 0.1) is 12.7 Å². The molecule has 0 saturated carbocycles. The van der Waals surface area contributed by atoms with Gasteiger partial charge in [0.2, 0.25) is 5.88 Å². The Morgan fingerprint density at radius 2 is 2.25 bits per heavy atom. The van der Waals surface area contributed by atoms with Crippen molar-refractivity contribution < 1.29 is 23.4 Å². The largest absolute Gasteiger partial charge is 0.473 e. The summed E-state index contributed by atoms with van der Waals surface area (Å²) in [5, 5.41) is 0. The summed E-state index contributed by atoms with van der Waals surface area (Å²) in [5.41, 5.74) is 2.85. The van der Waals surface area contributed by atoms with Crippen molar-refractivity contribution in [1.29, 1.82) is 0 Å². The lowest BCUT2D eigenvalue weighted by atomic mass is 10.0. The lowest BCUT2D eigenvalue weighted by Crippen LogP contribution is -2.27. The van der Waals surface area contributed by atoms with Crippen molar-refractivity contribution >= 4 is 17.4 Å². The van der Waals surface area contributed by atoms with Crippen molar-refractivity contribution in [2.24, 2.45) is 0 Å². The van der Waals surface area contributed by atoms with Crippen molar-refractivity contribution in [3.05, 3.63) is 59.5 Å². The van der Waals surface area contributed by atoms with E-state index >= 15 is 0 Å². The highest BCUT2D eigenvalue weighted by atomic mass is 19.1. The molecule has 0 unspecified atom stereocenters. The van der Waals surface area contributed by atoms with Gasteiger partial charge in [0.1, 0.15) is 12.4 Å². The number of amides is 1. The number of hydrogen-bond donors (Lipinski definition) is 0. The quantitative estimate of drug-likeness (QED) is 0.786. The molecule has 7 heteroatoms. The fourth-order valence-electron chi connectivity index (χ4n) is 3.32. The summed E-state index contributed by atoms with van der Waals surface area (Å²) in [6, 6.07) is 8.54. The van der Waals surface area contributed by atoms with Gasteiger partial charge in [-0.25, -0.2) is 14.2 Å². The summed E-state index contributed by atoms with van der Waals surface area (Å²) in [7, 11) is 0. The van der Waals surface area contributed by atoms with E-state index in [-0.39, 0.29) is 12.4 Å². The molecule has 0 aliphatic carbocycles. The second kappa shape index (κ2) is 7.98. The van der Waals surface area contributed by atoms with Gasteiger partial charge in [0.05, 0.1) is 25.4 Å². The summed E-state index contributed by atoms with van der Waals surface area (Å²) in [6.07, 6.45) is 3.25. The van der Waals surface area contributed by atoms with E-state index < -0.39 is 12.2 Å². The number of hydrogen-bond acceptors (Lipinski definition) is 5. The maximum atomic E-state index is 14.6. The molecule has 146 valence electrons. The summed E-state index contributed by atoms with van der Waals surface area (Å²) in [5.74, 6) is 0.152. The lowest BCUT2D eigenvalue weighted by Gasteiger charge is -2.17. The number of carbonyl (C=O) groups excluding carboxylic acids is 1. The number of carbonyl (C=O) groups is 1. The molecule has 0 spiro atoms. The minimum absolute atomic E-state index is 0.188. The molecule has 1 atom stereocenters. The molecule has 1 amide bonds. The molecule has 1 aromatic carbocycles. The maximum Gasteiger partial charge on any atom is 0.414 e. The van der Waals surface area contributed by atoms with Crippen molar-refractivity contribution in [3.63, 3.8) is 0 Å². The van der Waals surface area contributed by atoms with Gasteiger partial charge in [0, 0.05) is 17.3 Å². The second-order valence-corrected chi connectivity index (χ2v) is 6.77. The zero-order valence-electron chi connectivity index (χ0n) is 15.6. The van der Waals surface area contributed by atoms with Crippen molar-refractivity contribution in [1.82, 2.24) is 4.98 Å². The van der Waals surface area contributed by atoms with E-state index in [4.69, 9.17) is 14.2 Å². The molecule has 28 heavy (non-hydrogen) atoms. The predicted molar refractivity (Wildman–Crippen MR) is 102 cm³/mol. The van der Waals surface area contributed by atoms with Gasteiger partial charge in [-0.3, -0.25) is 4.90 Å². The van der Waals surface area contributed by atoms with Crippen LogP contribution in [0.2, 0.25) is 0 Å². The Kier molecular flexibility index (Phi) is 5.25. The Hall–Kier alpha value is -2.93. The van der Waals surface area contributed by atoms with Gasteiger partial charge in [0.25, 0.3) is 0 Å². The van der Waals surface area contributed by atoms with Crippen LogP contribution in [0.4, 0.5) is 14.9 Å². The number of benzene rings is 1. The molecule has 0 radical (unpaired) electrons. The van der Waals surface area contributed by atoms with Crippen LogP contribution in [0.1, 0.15) is 17.5 Å². The molecule has 0 N–H and O–H groups in total. The van der Waals surface area contributed by atoms with Gasteiger partial charge in [-0.05, 0) is 43.2 Å². The van der Waals surface area contributed by atoms with E-state index in [2.05, 4.69) is 4.98 Å². The molecule has 2 aliphatic heterocycles. The number of rotatable bonds is 5. The fraction of sp³-hybridized carbons (Fsp3) is 0.333. The van der Waals surface area contributed by atoms with Crippen LogP contribution in [0.3, 0.4) is 0 Å². The second-order valence-electron chi connectivity index (χ2n) is 6.77. The molecule has 2 aliphatic rings. The van der Waals surface area contributed by atoms with Crippen LogP contribution < -0.4 is 9.64 Å². The van der Waals surface area contributed by atoms with Crippen LogP contribution in [-0.4, -0.2) is 43.5 Å². The molecule has 4 rings (SSSR count). The highest BCUT2D eigenvalue weighted by molar-refractivity contribution is 5.90. The summed E-state index contributed by atoms with van der Waals surface area (Å²) < 4.78 is 30.9. The van der Waals surface area contributed by atoms with Crippen LogP contribution >= 0.6 is 0 Å². The lowest BCUT2D eigenvalue weighted by molar-refractivity contribution is 0.103. The number of anilines is 1. The van der Waals surface area contributed by atoms with Gasteiger partial charge in [-0.1, -0.05) is 12.1 Å². The molecule has 1 fully saturated rings. The first kappa shape index (κ1) is 18.4. The maximum absolute atomic E-state index is 14.6. The van der Waals surface area contributed by atoms with E-state index in [0.717, 1.165) is 11.1 Å². The van der Waals surface area contributed by atoms with E-state index in [1.807, 2.05) is 25.1 Å². The predicted octanol–water partition coefficient (Wildman–Crippen LogP) is 3.74. The normalized spacial score (nSPS) is 19.4. The van der Waals surface area contributed by atoms with Crippen LogP contribution in [0.5, 0.6) is 5.88 Å². The van der Waals surface area contributed by atoms with E-state index in [0.29, 0.717) is 43.3 Å². The number of nitrogens with zero attached hydrogens (tertiary/aromatic N) is 2. The number of ether oxygens (including phenoxy) is 3. The number of aromatic nitrogens is 1. The first-order valence-corrected chi connectivity index (χ1v) is 9.21. The average molecular weight is 384 g/mol. The number of cyclic esters (lactones) is 1. The first-order valence-electron chi connectivity index (χ1n) is 9.21. The summed E-state index contributed by atoms with van der Waals surface area (Å²) >= 11 is 0. The molecule has 6 nitrogen and oxygen atoms in total. The molecule has 1 aromatic heterocycles. The summed E-state index contributed by atoms with van der Waals surface area (Å²) in [6.45, 7) is 3.45. The molecule has 0 bridgehead atoms. The van der Waals surface area contributed by atoms with Gasteiger partial charge in [-0.15, -0.1) is 0 Å². The number of halogens is 1. The monoisotopic (exact) mass is 384 g/mol. The standard InChI is InChI=1S/C21H21FN2O4/c1-14-3-2-8-23-20(14)27-13-17-12-24(21(25)28-17)16-4-5-18(19(22)11-16)15-6-9-26-10-7-15/h2-6,8,11,17H,7,9-10,12-13H2,1H3/t17-/m1/s1. The van der Waals surface area contributed by atoms with E-state index in [1.165, 1.54) is 11.0 Å². The third-order valence-electron chi connectivity index (χ3n) is 4.82. The highest BCUT2D eigenvalue weighted by Gasteiger charge is 2.33. The number of pyridine rings is 1. The number of aryl methyl sites for hydroxylation is 1. The molecule has 3 heterocycles. The van der Waals surface area contributed by atoms with Crippen LogP contribution in [0.15, 0.2) is 42.6 Å². The zero-order valence-corrected chi connectivity index (χ0v) is 15.6. The van der Waals surface area contributed by atoms with Crippen LogP contribution in [0.25, 0.3) is 5.57 Å². The summed E-state index contributed by atoms with van der Waals surface area (Å²) in [4.78, 5) is 17.8. The SMILES string of the molecule is Cc1cccnc1OC[C@H]1CN(c2ccc(C3=CCOCC3)c(F)c2)C(=O)O1. The van der Waals surface area contributed by atoms with Crippen molar-refractivity contribution in [3.8, 4) is 5.88 Å². The Labute approximate surface area is 162 Å². The fourth-order valence-corrected chi connectivity index (χ4v) is 3.32. The van der Waals surface area contributed by atoms with Crippen LogP contribution in [-0.2, 0) is 9.47 Å². The third-order valence-corrected chi connectivity index (χ3v) is 4.82. The van der Waals surface area contributed by atoms with Gasteiger partial charge in [0.15, 0.2) is 6.10 Å². The Balaban J connectivity index is 1.43. The van der Waals surface area contributed by atoms with E-state index in [1.54, 1.807) is 18.3 Å². The van der Waals surface area contributed by atoms with Gasteiger partial charge >= 0.3 is 6.09 Å². The first-order chi connectivity index (χ1) is 13.6. The van der Waals surface area contributed by atoms with Gasteiger partial charge in [-0.2, -0.15) is 0 Å². The Bertz CT molecular complexity index is 915. The Morgan fingerprint density at radius 1 is 1.36 bits per heavy atom. The average Bonchev–Trinajstić information content (AvgIpc) is 3.08. The molecular weight excluding hydrogens is 363 g/mol. The third kappa shape index (κ3) is 3.84. The molecule has 2 aromatic rings. The topological polar surface area (TPSA) is 60.9 Å². The van der Waals surface area contributed by atoms with Crippen molar-refractivity contribution in [2.45, 2.75) is 19.4 Å². The molecule has 1 saturated heterocycles. The Morgan fingerprint density at radius 3 is 3.00 bits per heavy atom. The molecular formula is C21H21FN2O4. The van der Waals surface area contributed by atoms with E-state index in [9.17, 15) is 9.18 Å². The zero-order chi connectivity index (χ0) is 19.5. The minimum Gasteiger partial charge on any atom is -0.473 e. The van der Waals surface area contributed by atoms with Crippen molar-refractivity contribution in [2.75, 3.05) is 31.3 Å². The minimum atomic E-state index is -0.510. The highest BCUT2D eigenvalue weighted by Crippen LogP contribution is 2.29. The smallest absolute Gasteiger partial charge is 0.414 e.